The predicted molar refractivity (Wildman–Crippen MR) is 360 cm³/mol. The second-order valence-corrected chi connectivity index (χ2v) is 25.0. The number of hydrogen-bond donors (Lipinski definition) is 9. The number of nitrogens with one attached hydrogen (secondary N) is 1. The molecule has 14 heteroatoms. The van der Waals surface area contributed by atoms with Crippen LogP contribution in [0.1, 0.15) is 284 Å². The highest BCUT2D eigenvalue weighted by Gasteiger charge is 2.51. The second-order valence-electron chi connectivity index (χ2n) is 25.0. The number of aliphatic hydroxyl groups excluding tert-OH is 8. The maximum absolute atomic E-state index is 13.3. The van der Waals surface area contributed by atoms with Gasteiger partial charge in [-0.2, -0.15) is 0 Å². The fourth-order valence-corrected chi connectivity index (χ4v) is 11.4. The van der Waals surface area contributed by atoms with Crippen molar-refractivity contribution in [3.05, 3.63) is 85.1 Å². The van der Waals surface area contributed by atoms with Gasteiger partial charge in [0, 0.05) is 6.42 Å². The van der Waals surface area contributed by atoms with Gasteiger partial charge in [0.15, 0.2) is 12.6 Å². The van der Waals surface area contributed by atoms with Gasteiger partial charge in [0.2, 0.25) is 5.91 Å². The van der Waals surface area contributed by atoms with Gasteiger partial charge in [-0.25, -0.2) is 0 Å². The van der Waals surface area contributed by atoms with Crippen LogP contribution >= 0.6 is 0 Å². The van der Waals surface area contributed by atoms with Crippen molar-refractivity contribution in [1.29, 1.82) is 0 Å². The summed E-state index contributed by atoms with van der Waals surface area (Å²) in [6.45, 7) is 2.69. The number of carbonyl (C=O) groups is 1. The lowest BCUT2D eigenvalue weighted by atomic mass is 9.97. The minimum Gasteiger partial charge on any atom is -0.394 e. The third-order valence-corrected chi connectivity index (χ3v) is 17.1. The number of ether oxygens (including phenoxy) is 4. The summed E-state index contributed by atoms with van der Waals surface area (Å²) < 4.78 is 22.8. The molecule has 9 N–H and O–H groups in total. The number of allylic oxidation sites excluding steroid dienone is 13. The number of aliphatic hydroxyl groups is 8. The van der Waals surface area contributed by atoms with Crippen LogP contribution in [0.4, 0.5) is 0 Å². The molecule has 0 aliphatic carbocycles. The van der Waals surface area contributed by atoms with E-state index in [1.54, 1.807) is 6.08 Å². The molecule has 510 valence electrons. The van der Waals surface area contributed by atoms with E-state index in [0.717, 1.165) is 83.5 Å². The van der Waals surface area contributed by atoms with E-state index in [4.69, 9.17) is 18.9 Å². The van der Waals surface area contributed by atoms with Crippen LogP contribution in [0.5, 0.6) is 0 Å². The number of unbranched alkanes of at least 4 members (excludes halogenated alkanes) is 33. The highest BCUT2D eigenvalue weighted by atomic mass is 16.7. The van der Waals surface area contributed by atoms with Crippen molar-refractivity contribution in [2.75, 3.05) is 19.8 Å². The van der Waals surface area contributed by atoms with Crippen LogP contribution in [0.15, 0.2) is 85.1 Å². The molecule has 2 rings (SSSR count). The SMILES string of the molecule is CC/C=C\C/C=C\C/C=C\C/C=C\C/C=C\C/C=C\CCCCCCC(=O)NC(COC1OC(CO)C(OC2OC(CO)C(O)C(O)C2O)C(O)C1O)C(O)/C=C/CCCCCCCCCCCCCCCCCCCCCCCCCCCCCCC. The summed E-state index contributed by atoms with van der Waals surface area (Å²) in [7, 11) is 0. The maximum Gasteiger partial charge on any atom is 0.220 e. The van der Waals surface area contributed by atoms with Gasteiger partial charge in [-0.05, 0) is 70.6 Å². The van der Waals surface area contributed by atoms with E-state index in [1.165, 1.54) is 173 Å². The Morgan fingerprint density at radius 1 is 0.420 bits per heavy atom. The van der Waals surface area contributed by atoms with E-state index < -0.39 is 86.8 Å². The molecule has 2 aliphatic rings. The van der Waals surface area contributed by atoms with Crippen LogP contribution in [0.25, 0.3) is 0 Å². The Balaban J connectivity index is 1.69. The average molecular weight is 1240 g/mol. The first kappa shape index (κ1) is 81.3. The molecule has 2 fully saturated rings. The highest BCUT2D eigenvalue weighted by molar-refractivity contribution is 5.76. The molecule has 2 saturated heterocycles. The molecule has 0 aromatic carbocycles. The molecule has 12 atom stereocenters. The summed E-state index contributed by atoms with van der Waals surface area (Å²) in [5.41, 5.74) is 0. The lowest BCUT2D eigenvalue weighted by molar-refractivity contribution is -0.359. The van der Waals surface area contributed by atoms with Crippen molar-refractivity contribution < 1.29 is 64.6 Å². The van der Waals surface area contributed by atoms with E-state index in [2.05, 4.69) is 92.1 Å². The monoisotopic (exact) mass is 1240 g/mol. The lowest BCUT2D eigenvalue weighted by Gasteiger charge is -2.46. The first-order valence-corrected chi connectivity index (χ1v) is 35.8. The standard InChI is InChI=1S/C74H131NO13/c1-3-5-7-9-11-13-15-17-19-21-23-25-27-28-29-30-31-32-33-34-36-37-39-41-43-45-47-49-51-53-55-57-63(78)62(61-85-73-71(84)69(82)72(65(60-77)87-73)88-74-70(83)68(81)67(80)64(59-76)86-74)75-66(79)58-56-54-52-50-48-46-44-42-40-38-35-26-24-22-20-18-16-14-12-10-8-6-4-2/h6,8,12,14,18,20,24,26,38,40,44,46,55,57,62-65,67-74,76-78,80-84H,3-5,7,9-11,13,15-17,19,21-23,25,27-37,39,41-43,45,47-54,56,58-61H2,1-2H3,(H,75,79)/b8-6-,14-12-,20-18-,26-24-,40-38-,46-44-,57-55+. The van der Waals surface area contributed by atoms with Gasteiger partial charge in [0.05, 0.1) is 32.0 Å². The topological polar surface area (TPSA) is 228 Å². The molecule has 88 heavy (non-hydrogen) atoms. The Bertz CT molecular complexity index is 1800. The Morgan fingerprint density at radius 3 is 1.20 bits per heavy atom. The molecule has 0 radical (unpaired) electrons. The largest absolute Gasteiger partial charge is 0.394 e. The summed E-state index contributed by atoms with van der Waals surface area (Å²) in [4.78, 5) is 13.3. The normalized spacial score (nSPS) is 23.7. The van der Waals surface area contributed by atoms with Crippen LogP contribution in [-0.4, -0.2) is 140 Å². The van der Waals surface area contributed by atoms with E-state index in [1.807, 2.05) is 6.08 Å². The van der Waals surface area contributed by atoms with Gasteiger partial charge in [-0.3, -0.25) is 4.79 Å². The molecular weight excluding hydrogens is 1110 g/mol. The smallest absolute Gasteiger partial charge is 0.220 e. The molecule has 2 heterocycles. The molecule has 0 bridgehead atoms. The van der Waals surface area contributed by atoms with Gasteiger partial charge >= 0.3 is 0 Å². The second kappa shape index (κ2) is 58.0. The van der Waals surface area contributed by atoms with Crippen LogP contribution in [0.2, 0.25) is 0 Å². The van der Waals surface area contributed by atoms with Crippen molar-refractivity contribution in [1.82, 2.24) is 5.32 Å². The predicted octanol–water partition coefficient (Wildman–Crippen LogP) is 14.8. The van der Waals surface area contributed by atoms with E-state index >= 15 is 0 Å². The quantitative estimate of drug-likeness (QED) is 0.0204. The summed E-state index contributed by atoms with van der Waals surface area (Å²) >= 11 is 0. The fraction of sp³-hybridized carbons (Fsp3) is 0.797. The molecule has 0 aromatic heterocycles. The first-order valence-electron chi connectivity index (χ1n) is 35.8. The molecule has 1 amide bonds. The van der Waals surface area contributed by atoms with Crippen molar-refractivity contribution in [2.24, 2.45) is 0 Å². The number of rotatable bonds is 58. The van der Waals surface area contributed by atoms with Crippen molar-refractivity contribution in [3.8, 4) is 0 Å². The third-order valence-electron chi connectivity index (χ3n) is 17.1. The molecule has 0 aromatic rings. The zero-order chi connectivity index (χ0) is 63.8. The van der Waals surface area contributed by atoms with Crippen molar-refractivity contribution >= 4 is 5.91 Å². The zero-order valence-electron chi connectivity index (χ0n) is 55.4. The Hall–Kier alpha value is -2.83. The van der Waals surface area contributed by atoms with E-state index in [-0.39, 0.29) is 18.9 Å². The van der Waals surface area contributed by atoms with Crippen LogP contribution < -0.4 is 5.32 Å². The molecule has 0 spiro atoms. The van der Waals surface area contributed by atoms with Crippen LogP contribution in [0, 0.1) is 0 Å². The van der Waals surface area contributed by atoms with E-state index in [0.29, 0.717) is 6.42 Å². The Labute approximate surface area is 535 Å². The highest BCUT2D eigenvalue weighted by Crippen LogP contribution is 2.30. The summed E-state index contributed by atoms with van der Waals surface area (Å²) in [6, 6.07) is -0.936. The molecular formula is C74H131NO13. The Kier molecular flexibility index (Phi) is 53.6. The minimum atomic E-state index is -1.80. The molecule has 2 aliphatic heterocycles. The minimum absolute atomic E-state index is 0.247. The lowest BCUT2D eigenvalue weighted by Crippen LogP contribution is -2.65. The van der Waals surface area contributed by atoms with Crippen LogP contribution in [0.3, 0.4) is 0 Å². The molecule has 0 saturated carbocycles. The van der Waals surface area contributed by atoms with Crippen molar-refractivity contribution in [2.45, 2.75) is 357 Å². The zero-order valence-corrected chi connectivity index (χ0v) is 55.4. The number of amides is 1. The summed E-state index contributed by atoms with van der Waals surface area (Å²) in [5.74, 6) is -0.264. The fourth-order valence-electron chi connectivity index (χ4n) is 11.4. The third kappa shape index (κ3) is 41.6. The van der Waals surface area contributed by atoms with Crippen LogP contribution in [-0.2, 0) is 23.7 Å². The number of hydrogen-bond acceptors (Lipinski definition) is 13. The molecule has 14 nitrogen and oxygen atoms in total. The first-order chi connectivity index (χ1) is 43.1. The average Bonchev–Trinajstić information content (AvgIpc) is 1.78. The van der Waals surface area contributed by atoms with Gasteiger partial charge in [-0.1, -0.05) is 292 Å². The van der Waals surface area contributed by atoms with Gasteiger partial charge in [-0.15, -0.1) is 0 Å². The van der Waals surface area contributed by atoms with Gasteiger partial charge in [0.25, 0.3) is 0 Å². The summed E-state index contributed by atoms with van der Waals surface area (Å²) in [5, 5.41) is 87.5. The van der Waals surface area contributed by atoms with E-state index in [9.17, 15) is 45.6 Å². The number of carbonyl (C=O) groups excluding carboxylic acids is 1. The van der Waals surface area contributed by atoms with Crippen molar-refractivity contribution in [3.63, 3.8) is 0 Å². The van der Waals surface area contributed by atoms with Gasteiger partial charge in [0.1, 0.15) is 48.8 Å². The Morgan fingerprint density at radius 2 is 0.784 bits per heavy atom. The van der Waals surface area contributed by atoms with Gasteiger partial charge < -0.3 is 65.1 Å². The summed E-state index contributed by atoms with van der Waals surface area (Å²) in [6.07, 6.45) is 63.6. The molecule has 12 unspecified atom stereocenters. The maximum atomic E-state index is 13.3.